The molecule has 2 rings (SSSR count). The topological polar surface area (TPSA) is 37.4 Å². The van der Waals surface area contributed by atoms with E-state index in [0.29, 0.717) is 33.1 Å². The molecule has 2 heterocycles. The van der Waals surface area contributed by atoms with Gasteiger partial charge >= 0.3 is 0 Å². The summed E-state index contributed by atoms with van der Waals surface area (Å²) in [5, 5.41) is 0. The van der Waals surface area contributed by atoms with Gasteiger partial charge < -0.3 is 4.90 Å². The van der Waals surface area contributed by atoms with E-state index in [4.69, 9.17) is 23.2 Å². The van der Waals surface area contributed by atoms with Crippen molar-refractivity contribution >= 4 is 46.2 Å². The number of likely N-dealkylation sites (tertiary alicyclic amines) is 1. The highest BCUT2D eigenvalue weighted by atomic mass is 35.5. The fourth-order valence-electron chi connectivity index (χ4n) is 2.75. The highest BCUT2D eigenvalue weighted by molar-refractivity contribution is 7.20. The molecular weight excluding hydrogens is 329 g/mol. The predicted octanol–water partition coefficient (Wildman–Crippen LogP) is 4.67. The Kier molecular flexibility index (Phi) is 6.08. The van der Waals surface area contributed by atoms with E-state index in [9.17, 15) is 9.59 Å². The van der Waals surface area contributed by atoms with Crippen LogP contribution in [0.4, 0.5) is 0 Å². The van der Waals surface area contributed by atoms with E-state index in [0.717, 1.165) is 25.7 Å². The number of hydrogen-bond acceptors (Lipinski definition) is 3. The van der Waals surface area contributed by atoms with E-state index >= 15 is 0 Å². The van der Waals surface area contributed by atoms with Crippen molar-refractivity contribution in [2.75, 3.05) is 13.1 Å². The van der Waals surface area contributed by atoms with E-state index < -0.39 is 0 Å². The molecule has 0 aliphatic carbocycles. The van der Waals surface area contributed by atoms with Gasteiger partial charge in [-0.25, -0.2) is 0 Å². The first-order valence-electron chi connectivity index (χ1n) is 7.27. The lowest BCUT2D eigenvalue weighted by Crippen LogP contribution is -2.35. The number of rotatable bonds is 5. The Morgan fingerprint density at radius 3 is 2.81 bits per heavy atom. The normalized spacial score (nSPS) is 19.7. The Morgan fingerprint density at radius 2 is 2.19 bits per heavy atom. The van der Waals surface area contributed by atoms with Gasteiger partial charge in [0.05, 0.1) is 16.4 Å². The van der Waals surface area contributed by atoms with Crippen molar-refractivity contribution < 1.29 is 9.59 Å². The van der Waals surface area contributed by atoms with Crippen molar-refractivity contribution in [3.8, 4) is 0 Å². The molecule has 116 valence electrons. The fourth-order valence-corrected chi connectivity index (χ4v) is 4.25. The summed E-state index contributed by atoms with van der Waals surface area (Å²) in [5.41, 5.74) is 0.425. The molecule has 1 aromatic heterocycles. The van der Waals surface area contributed by atoms with E-state index in [1.165, 1.54) is 11.3 Å². The average molecular weight is 348 g/mol. The van der Waals surface area contributed by atoms with Crippen LogP contribution in [0.3, 0.4) is 0 Å². The second-order valence-corrected chi connectivity index (χ2v) is 7.74. The minimum atomic E-state index is -0.134. The number of ketones is 1. The Morgan fingerprint density at radius 1 is 1.43 bits per heavy atom. The lowest BCUT2D eigenvalue weighted by molar-refractivity contribution is -0.130. The Labute approximate surface area is 139 Å². The zero-order valence-electron chi connectivity index (χ0n) is 12.0. The van der Waals surface area contributed by atoms with Crippen molar-refractivity contribution in [3.05, 3.63) is 20.3 Å². The summed E-state index contributed by atoms with van der Waals surface area (Å²) >= 11 is 13.0. The number of carbonyl (C=O) groups excluding carboxylic acids is 2. The molecule has 0 N–H and O–H groups in total. The lowest BCUT2D eigenvalue weighted by atomic mass is 9.96. The second kappa shape index (κ2) is 7.61. The Balaban J connectivity index is 1.99. The van der Waals surface area contributed by atoms with Crippen LogP contribution in [-0.4, -0.2) is 29.7 Å². The summed E-state index contributed by atoms with van der Waals surface area (Å²) in [6, 6.07) is 1.58. The molecule has 21 heavy (non-hydrogen) atoms. The minimum Gasteiger partial charge on any atom is -0.335 e. The first-order chi connectivity index (χ1) is 10.0. The summed E-state index contributed by atoms with van der Waals surface area (Å²) in [6.45, 7) is 2.92. The fraction of sp³-hybridized carbons (Fsp3) is 0.600. The van der Waals surface area contributed by atoms with Crippen molar-refractivity contribution in [2.24, 2.45) is 5.92 Å². The number of carbonyl (C=O) groups is 2. The maximum absolute atomic E-state index is 12.3. The van der Waals surface area contributed by atoms with Crippen LogP contribution in [0.25, 0.3) is 0 Å². The highest BCUT2D eigenvalue weighted by Crippen LogP contribution is 2.31. The van der Waals surface area contributed by atoms with Crippen LogP contribution in [-0.2, 0) is 4.79 Å². The number of thiophene rings is 1. The first-order valence-corrected chi connectivity index (χ1v) is 8.84. The second-order valence-electron chi connectivity index (χ2n) is 5.46. The van der Waals surface area contributed by atoms with Crippen LogP contribution < -0.4 is 0 Å². The van der Waals surface area contributed by atoms with Crippen molar-refractivity contribution in [2.45, 2.75) is 39.0 Å². The van der Waals surface area contributed by atoms with Crippen molar-refractivity contribution in [3.63, 3.8) is 0 Å². The molecule has 0 radical (unpaired) electrons. The van der Waals surface area contributed by atoms with Gasteiger partial charge in [0.25, 0.3) is 0 Å². The molecule has 1 amide bonds. The molecule has 1 fully saturated rings. The van der Waals surface area contributed by atoms with Gasteiger partial charge in [-0.05, 0) is 24.8 Å². The molecular formula is C15H19Cl2NO2S. The zero-order chi connectivity index (χ0) is 15.4. The summed E-state index contributed by atoms with van der Waals surface area (Å²) in [6.07, 6.45) is 4.74. The Bertz CT molecular complexity index is 530. The highest BCUT2D eigenvalue weighted by Gasteiger charge is 2.25. The van der Waals surface area contributed by atoms with Crippen LogP contribution in [0.5, 0.6) is 0 Å². The van der Waals surface area contributed by atoms with E-state index in [2.05, 4.69) is 6.92 Å². The molecule has 0 saturated carbocycles. The number of nitrogens with zero attached hydrogens (tertiary/aromatic N) is 1. The smallest absolute Gasteiger partial charge is 0.222 e. The van der Waals surface area contributed by atoms with E-state index in [1.807, 2.05) is 0 Å². The number of Topliss-reactive ketones (excluding diaryl/α,β-unsaturated/α-hetero) is 1. The van der Waals surface area contributed by atoms with Gasteiger partial charge in [0.15, 0.2) is 5.78 Å². The molecule has 1 aromatic rings. The van der Waals surface area contributed by atoms with Crippen LogP contribution in [0, 0.1) is 5.92 Å². The lowest BCUT2D eigenvalue weighted by Gasteiger charge is -2.19. The van der Waals surface area contributed by atoms with Gasteiger partial charge in [0.2, 0.25) is 5.91 Å². The summed E-state index contributed by atoms with van der Waals surface area (Å²) in [4.78, 5) is 26.1. The van der Waals surface area contributed by atoms with Gasteiger partial charge in [-0.15, -0.1) is 11.3 Å². The number of amides is 1. The molecule has 6 heteroatoms. The molecule has 1 aliphatic heterocycles. The van der Waals surface area contributed by atoms with Crippen molar-refractivity contribution in [1.29, 1.82) is 0 Å². The van der Waals surface area contributed by atoms with Crippen LogP contribution in [0.15, 0.2) is 6.07 Å². The maximum atomic E-state index is 12.3. The quantitative estimate of drug-likeness (QED) is 0.726. The largest absolute Gasteiger partial charge is 0.335 e. The van der Waals surface area contributed by atoms with Gasteiger partial charge in [-0.3, -0.25) is 9.59 Å². The van der Waals surface area contributed by atoms with Crippen LogP contribution in [0.1, 0.15) is 49.4 Å². The number of halogens is 2. The minimum absolute atomic E-state index is 0.0689. The van der Waals surface area contributed by atoms with Gasteiger partial charge in [-0.1, -0.05) is 43.0 Å². The van der Waals surface area contributed by atoms with E-state index in [1.54, 1.807) is 11.0 Å². The third-order valence-corrected chi connectivity index (χ3v) is 5.40. The molecule has 0 spiro atoms. The van der Waals surface area contributed by atoms with Gasteiger partial charge in [-0.2, -0.15) is 0 Å². The third-order valence-electron chi connectivity index (χ3n) is 3.91. The third kappa shape index (κ3) is 4.44. The molecule has 3 nitrogen and oxygen atoms in total. The number of hydrogen-bond donors (Lipinski definition) is 0. The monoisotopic (exact) mass is 347 g/mol. The van der Waals surface area contributed by atoms with E-state index in [-0.39, 0.29) is 18.2 Å². The predicted molar refractivity (Wildman–Crippen MR) is 87.5 cm³/mol. The summed E-state index contributed by atoms with van der Waals surface area (Å²) in [5.74, 6) is 0.531. The molecule has 0 aromatic carbocycles. The molecule has 1 saturated heterocycles. The summed E-state index contributed by atoms with van der Waals surface area (Å²) in [7, 11) is 0. The molecule has 1 aliphatic rings. The van der Waals surface area contributed by atoms with Crippen LogP contribution >= 0.6 is 34.5 Å². The first kappa shape index (κ1) is 16.8. The standard InChI is InChI=1S/C15H19Cl2NO2S/c1-2-3-10-4-5-14(20)18(7-6-10)9-12(19)11-8-13(16)21-15(11)17/h8,10H,2-7,9H2,1H3. The molecule has 0 bridgehead atoms. The molecule has 1 unspecified atom stereocenters. The average Bonchev–Trinajstić information content (AvgIpc) is 2.68. The van der Waals surface area contributed by atoms with Gasteiger partial charge in [0, 0.05) is 13.0 Å². The van der Waals surface area contributed by atoms with Crippen molar-refractivity contribution in [1.82, 2.24) is 4.90 Å². The van der Waals surface area contributed by atoms with Gasteiger partial charge in [0.1, 0.15) is 4.34 Å². The van der Waals surface area contributed by atoms with Crippen LogP contribution in [0.2, 0.25) is 8.67 Å². The molecule has 1 atom stereocenters. The summed E-state index contributed by atoms with van der Waals surface area (Å²) < 4.78 is 0.893. The SMILES string of the molecule is CCCC1CCC(=O)N(CC(=O)c2cc(Cl)sc2Cl)CC1. The zero-order valence-corrected chi connectivity index (χ0v) is 14.4. The Hall–Kier alpha value is -0.580. The maximum Gasteiger partial charge on any atom is 0.222 e.